The lowest BCUT2D eigenvalue weighted by Gasteiger charge is -2.16. The molecule has 0 saturated heterocycles. The maximum atomic E-state index is 12.9. The predicted octanol–water partition coefficient (Wildman–Crippen LogP) is 2.73. The Balaban J connectivity index is 1.64. The van der Waals surface area contributed by atoms with Crippen LogP contribution in [0.15, 0.2) is 48.5 Å². The van der Waals surface area contributed by atoms with Gasteiger partial charge in [-0.05, 0) is 42.7 Å². The zero-order valence-electron chi connectivity index (χ0n) is 13.4. The van der Waals surface area contributed by atoms with Crippen LogP contribution in [-0.4, -0.2) is 11.8 Å². The third-order valence-electron chi connectivity index (χ3n) is 4.28. The largest absolute Gasteiger partial charge is 0.351 e. The van der Waals surface area contributed by atoms with E-state index in [-0.39, 0.29) is 18.3 Å². The van der Waals surface area contributed by atoms with E-state index in [1.165, 1.54) is 12.1 Å². The quantitative estimate of drug-likeness (QED) is 0.823. The van der Waals surface area contributed by atoms with Gasteiger partial charge in [-0.15, -0.1) is 0 Å². The first kappa shape index (κ1) is 16.7. The van der Waals surface area contributed by atoms with E-state index in [0.29, 0.717) is 24.1 Å². The molecule has 0 aliphatic heterocycles. The SMILES string of the molecule is N#Cc1ccccc1NC(=O)C1(C(=O)NCc2ccc(F)cc2)CC1. The predicted molar refractivity (Wildman–Crippen MR) is 89.7 cm³/mol. The number of amides is 2. The first-order valence-corrected chi connectivity index (χ1v) is 7.88. The van der Waals surface area contributed by atoms with Crippen LogP contribution in [0, 0.1) is 22.6 Å². The zero-order chi connectivity index (χ0) is 17.9. The molecule has 1 fully saturated rings. The molecule has 0 aromatic heterocycles. The molecule has 0 spiro atoms. The van der Waals surface area contributed by atoms with E-state index < -0.39 is 11.3 Å². The Morgan fingerprint density at radius 3 is 2.40 bits per heavy atom. The monoisotopic (exact) mass is 337 g/mol. The van der Waals surface area contributed by atoms with Crippen molar-refractivity contribution in [3.8, 4) is 6.07 Å². The zero-order valence-corrected chi connectivity index (χ0v) is 13.4. The van der Waals surface area contributed by atoms with Crippen LogP contribution in [0.25, 0.3) is 0 Å². The molecule has 0 heterocycles. The second-order valence-corrected chi connectivity index (χ2v) is 6.00. The fourth-order valence-corrected chi connectivity index (χ4v) is 2.57. The second kappa shape index (κ2) is 6.73. The molecular formula is C19H16FN3O2. The molecule has 0 bridgehead atoms. The summed E-state index contributed by atoms with van der Waals surface area (Å²) in [6.45, 7) is 0.225. The van der Waals surface area contributed by atoms with Crippen molar-refractivity contribution in [1.29, 1.82) is 5.26 Å². The summed E-state index contributed by atoms with van der Waals surface area (Å²) in [7, 11) is 0. The van der Waals surface area contributed by atoms with E-state index in [1.807, 2.05) is 6.07 Å². The number of halogens is 1. The molecular weight excluding hydrogens is 321 g/mol. The molecule has 1 saturated carbocycles. The fraction of sp³-hybridized carbons (Fsp3) is 0.211. The van der Waals surface area contributed by atoms with Gasteiger partial charge < -0.3 is 10.6 Å². The number of carbonyl (C=O) groups is 2. The van der Waals surface area contributed by atoms with Gasteiger partial charge >= 0.3 is 0 Å². The van der Waals surface area contributed by atoms with Gasteiger partial charge in [0, 0.05) is 6.54 Å². The van der Waals surface area contributed by atoms with E-state index in [9.17, 15) is 14.0 Å². The second-order valence-electron chi connectivity index (χ2n) is 6.00. The molecule has 25 heavy (non-hydrogen) atoms. The van der Waals surface area contributed by atoms with Crippen LogP contribution in [-0.2, 0) is 16.1 Å². The molecule has 2 amide bonds. The van der Waals surface area contributed by atoms with Crippen LogP contribution in [0.4, 0.5) is 10.1 Å². The number of para-hydroxylation sites is 1. The lowest BCUT2D eigenvalue weighted by molar-refractivity contribution is -0.134. The van der Waals surface area contributed by atoms with Gasteiger partial charge in [0.2, 0.25) is 11.8 Å². The highest BCUT2D eigenvalue weighted by Crippen LogP contribution is 2.47. The summed E-state index contributed by atoms with van der Waals surface area (Å²) in [5.74, 6) is -1.11. The third-order valence-corrected chi connectivity index (χ3v) is 4.28. The standard InChI is InChI=1S/C19H16FN3O2/c20-15-7-5-13(6-8-15)12-22-17(24)19(9-10-19)18(25)23-16-4-2-1-3-14(16)11-21/h1-8H,9-10,12H2,(H,22,24)(H,23,25). The van der Waals surface area contributed by atoms with Crippen LogP contribution < -0.4 is 10.6 Å². The molecule has 1 aliphatic rings. The van der Waals surface area contributed by atoms with Gasteiger partial charge in [0.1, 0.15) is 17.3 Å². The van der Waals surface area contributed by atoms with Crippen molar-refractivity contribution in [2.24, 2.45) is 5.41 Å². The smallest absolute Gasteiger partial charge is 0.240 e. The summed E-state index contributed by atoms with van der Waals surface area (Å²) in [6, 6.07) is 14.5. The first-order valence-electron chi connectivity index (χ1n) is 7.88. The minimum atomic E-state index is -1.09. The van der Waals surface area contributed by atoms with Gasteiger partial charge in [-0.25, -0.2) is 4.39 Å². The topological polar surface area (TPSA) is 82.0 Å². The van der Waals surface area contributed by atoms with E-state index in [2.05, 4.69) is 10.6 Å². The van der Waals surface area contributed by atoms with Crippen LogP contribution in [0.5, 0.6) is 0 Å². The Labute approximate surface area is 144 Å². The number of nitrogens with one attached hydrogen (secondary N) is 2. The highest BCUT2D eigenvalue weighted by molar-refractivity contribution is 6.13. The fourth-order valence-electron chi connectivity index (χ4n) is 2.57. The van der Waals surface area contributed by atoms with Gasteiger partial charge in [0.25, 0.3) is 0 Å². The molecule has 2 N–H and O–H groups in total. The Kier molecular flexibility index (Phi) is 4.48. The summed E-state index contributed by atoms with van der Waals surface area (Å²) in [5, 5.41) is 14.5. The molecule has 6 heteroatoms. The van der Waals surface area contributed by atoms with Crippen LogP contribution in [0.1, 0.15) is 24.0 Å². The summed E-state index contributed by atoms with van der Waals surface area (Å²) in [5.41, 5.74) is 0.398. The first-order chi connectivity index (χ1) is 12.0. The van der Waals surface area contributed by atoms with Crippen molar-refractivity contribution in [3.05, 3.63) is 65.5 Å². The van der Waals surface area contributed by atoms with Crippen LogP contribution >= 0.6 is 0 Å². The minimum Gasteiger partial charge on any atom is -0.351 e. The van der Waals surface area contributed by atoms with E-state index in [1.54, 1.807) is 36.4 Å². The minimum absolute atomic E-state index is 0.225. The maximum Gasteiger partial charge on any atom is 0.240 e. The van der Waals surface area contributed by atoms with Crippen molar-refractivity contribution in [2.75, 3.05) is 5.32 Å². The van der Waals surface area contributed by atoms with Crippen molar-refractivity contribution in [3.63, 3.8) is 0 Å². The molecule has 3 rings (SSSR count). The van der Waals surface area contributed by atoms with Crippen molar-refractivity contribution in [2.45, 2.75) is 19.4 Å². The highest BCUT2D eigenvalue weighted by atomic mass is 19.1. The Hall–Kier alpha value is -3.20. The Morgan fingerprint density at radius 2 is 1.76 bits per heavy atom. The summed E-state index contributed by atoms with van der Waals surface area (Å²) in [4.78, 5) is 25.0. The van der Waals surface area contributed by atoms with Gasteiger partial charge in [-0.2, -0.15) is 5.26 Å². The maximum absolute atomic E-state index is 12.9. The number of anilines is 1. The third kappa shape index (κ3) is 3.50. The molecule has 2 aromatic carbocycles. The lowest BCUT2D eigenvalue weighted by Crippen LogP contribution is -2.39. The summed E-state index contributed by atoms with van der Waals surface area (Å²) in [6.07, 6.45) is 0.922. The molecule has 0 radical (unpaired) electrons. The van der Waals surface area contributed by atoms with Crippen molar-refractivity contribution in [1.82, 2.24) is 5.32 Å². The van der Waals surface area contributed by atoms with Crippen molar-refractivity contribution >= 4 is 17.5 Å². The Bertz CT molecular complexity index is 852. The number of rotatable bonds is 5. The lowest BCUT2D eigenvalue weighted by atomic mass is 10.0. The summed E-state index contributed by atoms with van der Waals surface area (Å²) >= 11 is 0. The van der Waals surface area contributed by atoms with Gasteiger partial charge in [-0.1, -0.05) is 24.3 Å². The number of carbonyl (C=O) groups excluding carboxylic acids is 2. The molecule has 5 nitrogen and oxygen atoms in total. The Morgan fingerprint density at radius 1 is 1.08 bits per heavy atom. The number of hydrogen-bond donors (Lipinski definition) is 2. The number of nitriles is 1. The normalized spacial score (nSPS) is 14.2. The van der Waals surface area contributed by atoms with E-state index in [4.69, 9.17) is 5.26 Å². The van der Waals surface area contributed by atoms with Crippen LogP contribution in [0.3, 0.4) is 0 Å². The van der Waals surface area contributed by atoms with Gasteiger partial charge in [0.15, 0.2) is 0 Å². The van der Waals surface area contributed by atoms with Gasteiger partial charge in [-0.3, -0.25) is 9.59 Å². The van der Waals surface area contributed by atoms with E-state index >= 15 is 0 Å². The highest BCUT2D eigenvalue weighted by Gasteiger charge is 2.56. The number of nitrogens with zero attached hydrogens (tertiary/aromatic N) is 1. The molecule has 0 unspecified atom stereocenters. The molecule has 126 valence electrons. The number of benzene rings is 2. The average molecular weight is 337 g/mol. The number of hydrogen-bond acceptors (Lipinski definition) is 3. The molecule has 2 aromatic rings. The van der Waals surface area contributed by atoms with E-state index in [0.717, 1.165) is 5.56 Å². The van der Waals surface area contributed by atoms with Crippen LogP contribution in [0.2, 0.25) is 0 Å². The molecule has 0 atom stereocenters. The molecule has 1 aliphatic carbocycles. The van der Waals surface area contributed by atoms with Gasteiger partial charge in [0.05, 0.1) is 11.3 Å². The van der Waals surface area contributed by atoms with Crippen molar-refractivity contribution < 1.29 is 14.0 Å². The summed E-state index contributed by atoms with van der Waals surface area (Å²) < 4.78 is 12.9. The average Bonchev–Trinajstić information content (AvgIpc) is 3.43.